The van der Waals surface area contributed by atoms with E-state index in [-0.39, 0.29) is 0 Å². The lowest BCUT2D eigenvalue weighted by Crippen LogP contribution is -2.14. The van der Waals surface area contributed by atoms with Gasteiger partial charge in [-0.3, -0.25) is 4.68 Å². The van der Waals surface area contributed by atoms with Crippen molar-refractivity contribution in [2.75, 3.05) is 19.5 Å². The third kappa shape index (κ3) is 4.32. The molecule has 4 nitrogen and oxygen atoms in total. The van der Waals surface area contributed by atoms with Gasteiger partial charge in [0.2, 0.25) is 0 Å². The largest absolute Gasteiger partial charge is 0.386 e. The number of aryl methyl sites for hydroxylation is 1. The van der Waals surface area contributed by atoms with Crippen LogP contribution in [0.15, 0.2) is 39.8 Å². The molecule has 0 bridgehead atoms. The highest BCUT2D eigenvalue weighted by Gasteiger charge is 2.18. The lowest BCUT2D eigenvalue weighted by atomic mass is 10.2. The fourth-order valence-electron chi connectivity index (χ4n) is 2.03. The molecule has 1 atom stereocenters. The van der Waals surface area contributed by atoms with E-state index in [1.54, 1.807) is 29.8 Å². The van der Waals surface area contributed by atoms with Crippen LogP contribution in [0.25, 0.3) is 0 Å². The molecule has 1 aromatic carbocycles. The number of methoxy groups -OCH3 is 1. The molecule has 0 aliphatic rings. The van der Waals surface area contributed by atoms with E-state index in [0.29, 0.717) is 18.9 Å². The fourth-order valence-corrected chi connectivity index (χ4v) is 3.55. The molecule has 2 aromatic rings. The fraction of sp³-hybridized carbons (Fsp3) is 0.400. The number of halogens is 1. The Kier molecular flexibility index (Phi) is 6.29. The van der Waals surface area contributed by atoms with Crippen LogP contribution in [0.3, 0.4) is 0 Å². The average molecular weight is 371 g/mol. The van der Waals surface area contributed by atoms with Crippen LogP contribution in [-0.2, 0) is 11.3 Å². The zero-order valence-electron chi connectivity index (χ0n) is 12.1. The number of nitrogens with zero attached hydrogens (tertiary/aromatic N) is 2. The number of aliphatic hydroxyl groups excluding tert-OH is 1. The first-order valence-electron chi connectivity index (χ1n) is 6.70. The molecular formula is C15H19BrN2O2S. The van der Waals surface area contributed by atoms with Gasteiger partial charge in [-0.05, 0) is 34.5 Å². The predicted octanol–water partition coefficient (Wildman–Crippen LogP) is 3.43. The Labute approximate surface area is 137 Å². The van der Waals surface area contributed by atoms with Crippen LogP contribution in [-0.4, -0.2) is 34.4 Å². The van der Waals surface area contributed by atoms with Gasteiger partial charge in [0.1, 0.15) is 6.10 Å². The highest BCUT2D eigenvalue weighted by atomic mass is 79.9. The van der Waals surface area contributed by atoms with Gasteiger partial charge in [-0.1, -0.05) is 18.2 Å². The Hall–Kier alpha value is -0.820. The summed E-state index contributed by atoms with van der Waals surface area (Å²) in [6.07, 6.45) is 1.13. The molecule has 0 aliphatic heterocycles. The lowest BCUT2D eigenvalue weighted by Gasteiger charge is -2.14. The lowest BCUT2D eigenvalue weighted by molar-refractivity contribution is 0.166. The minimum atomic E-state index is -0.580. The summed E-state index contributed by atoms with van der Waals surface area (Å²) >= 11 is 5.11. The molecular weight excluding hydrogens is 352 g/mol. The smallest absolute Gasteiger partial charge is 0.106 e. The van der Waals surface area contributed by atoms with Crippen LogP contribution in [0.2, 0.25) is 0 Å². The minimum absolute atomic E-state index is 0.568. The van der Waals surface area contributed by atoms with Crippen LogP contribution in [0.5, 0.6) is 0 Å². The molecule has 0 amide bonds. The standard InChI is InChI=1S/C15H19BrN2O2S/c1-11-5-3-4-6-14(11)21-10-13(19)15-12(16)9-17-18(15)7-8-20-2/h3-6,9,13,19H,7-8,10H2,1-2H3. The third-order valence-electron chi connectivity index (χ3n) is 3.15. The van der Waals surface area contributed by atoms with E-state index >= 15 is 0 Å². The van der Waals surface area contributed by atoms with Crippen LogP contribution in [0, 0.1) is 6.92 Å². The molecule has 0 fully saturated rings. The molecule has 1 unspecified atom stereocenters. The molecule has 0 saturated carbocycles. The van der Waals surface area contributed by atoms with E-state index in [1.807, 2.05) is 12.1 Å². The Morgan fingerprint density at radius 1 is 1.43 bits per heavy atom. The van der Waals surface area contributed by atoms with Gasteiger partial charge >= 0.3 is 0 Å². The van der Waals surface area contributed by atoms with E-state index < -0.39 is 6.10 Å². The first-order valence-corrected chi connectivity index (χ1v) is 8.48. The second kappa shape index (κ2) is 7.98. The van der Waals surface area contributed by atoms with Gasteiger partial charge in [-0.2, -0.15) is 5.10 Å². The molecule has 0 saturated heterocycles. The average Bonchev–Trinajstić information content (AvgIpc) is 2.85. The molecule has 1 aromatic heterocycles. The summed E-state index contributed by atoms with van der Waals surface area (Å²) in [5, 5.41) is 14.7. The Bertz CT molecular complexity index is 589. The van der Waals surface area contributed by atoms with Crippen molar-refractivity contribution >= 4 is 27.7 Å². The quantitative estimate of drug-likeness (QED) is 0.758. The molecule has 0 radical (unpaired) electrons. The van der Waals surface area contributed by atoms with Gasteiger partial charge in [-0.15, -0.1) is 11.8 Å². The number of ether oxygens (including phenoxy) is 1. The van der Waals surface area contributed by atoms with Crippen molar-refractivity contribution in [3.05, 3.63) is 46.2 Å². The number of hydrogen-bond donors (Lipinski definition) is 1. The number of thioether (sulfide) groups is 1. The Morgan fingerprint density at radius 2 is 2.19 bits per heavy atom. The van der Waals surface area contributed by atoms with Crippen molar-refractivity contribution in [3.8, 4) is 0 Å². The predicted molar refractivity (Wildman–Crippen MR) is 88.7 cm³/mol. The maximum atomic E-state index is 10.5. The molecule has 0 spiro atoms. The molecule has 1 heterocycles. The Morgan fingerprint density at radius 3 is 2.90 bits per heavy atom. The summed E-state index contributed by atoms with van der Waals surface area (Å²) in [6, 6.07) is 8.18. The summed E-state index contributed by atoms with van der Waals surface area (Å²) in [6.45, 7) is 3.27. The van der Waals surface area contributed by atoms with Crippen molar-refractivity contribution < 1.29 is 9.84 Å². The van der Waals surface area contributed by atoms with Gasteiger partial charge in [0.25, 0.3) is 0 Å². The molecule has 0 aliphatic carbocycles. The van der Waals surface area contributed by atoms with Crippen LogP contribution >= 0.6 is 27.7 Å². The number of hydrogen-bond acceptors (Lipinski definition) is 4. The normalized spacial score (nSPS) is 12.6. The van der Waals surface area contributed by atoms with Crippen molar-refractivity contribution in [3.63, 3.8) is 0 Å². The van der Waals surface area contributed by atoms with Crippen LogP contribution in [0.4, 0.5) is 0 Å². The topological polar surface area (TPSA) is 47.3 Å². The van der Waals surface area contributed by atoms with Gasteiger partial charge in [0.15, 0.2) is 0 Å². The number of aliphatic hydroxyl groups is 1. The molecule has 114 valence electrons. The first kappa shape index (κ1) is 16.5. The summed E-state index contributed by atoms with van der Waals surface area (Å²) in [5.41, 5.74) is 2.02. The third-order valence-corrected chi connectivity index (χ3v) is 5.01. The van der Waals surface area contributed by atoms with Gasteiger partial charge in [0.05, 0.1) is 29.5 Å². The summed E-state index contributed by atoms with van der Waals surface area (Å²) in [5.74, 6) is 0.585. The molecule has 2 rings (SSSR count). The minimum Gasteiger partial charge on any atom is -0.386 e. The summed E-state index contributed by atoms with van der Waals surface area (Å²) in [7, 11) is 1.66. The van der Waals surface area contributed by atoms with E-state index in [4.69, 9.17) is 4.74 Å². The second-order valence-electron chi connectivity index (χ2n) is 4.69. The van der Waals surface area contributed by atoms with Crippen molar-refractivity contribution in [2.45, 2.75) is 24.5 Å². The maximum Gasteiger partial charge on any atom is 0.106 e. The SMILES string of the molecule is COCCn1ncc(Br)c1C(O)CSc1ccccc1C. The highest BCUT2D eigenvalue weighted by Crippen LogP contribution is 2.30. The van der Waals surface area contributed by atoms with Crippen molar-refractivity contribution in [2.24, 2.45) is 0 Å². The van der Waals surface area contributed by atoms with Gasteiger partial charge in [-0.25, -0.2) is 0 Å². The van der Waals surface area contributed by atoms with E-state index in [9.17, 15) is 5.11 Å². The monoisotopic (exact) mass is 370 g/mol. The molecule has 1 N–H and O–H groups in total. The first-order chi connectivity index (χ1) is 10.1. The highest BCUT2D eigenvalue weighted by molar-refractivity contribution is 9.10. The number of aromatic nitrogens is 2. The van der Waals surface area contributed by atoms with E-state index in [2.05, 4.69) is 40.1 Å². The second-order valence-corrected chi connectivity index (χ2v) is 6.60. The Balaban J connectivity index is 2.05. The van der Waals surface area contributed by atoms with Gasteiger partial charge < -0.3 is 9.84 Å². The number of rotatable bonds is 7. The van der Waals surface area contributed by atoms with E-state index in [1.165, 1.54) is 10.5 Å². The maximum absolute atomic E-state index is 10.5. The van der Waals surface area contributed by atoms with Crippen molar-refractivity contribution in [1.82, 2.24) is 9.78 Å². The van der Waals surface area contributed by atoms with Crippen LogP contribution < -0.4 is 0 Å². The molecule has 6 heteroatoms. The summed E-state index contributed by atoms with van der Waals surface area (Å²) in [4.78, 5) is 1.19. The zero-order valence-corrected chi connectivity index (χ0v) is 14.5. The van der Waals surface area contributed by atoms with E-state index in [0.717, 1.165) is 10.2 Å². The number of benzene rings is 1. The zero-order chi connectivity index (χ0) is 15.2. The van der Waals surface area contributed by atoms with Crippen molar-refractivity contribution in [1.29, 1.82) is 0 Å². The molecule has 21 heavy (non-hydrogen) atoms. The van der Waals surface area contributed by atoms with Crippen LogP contribution in [0.1, 0.15) is 17.4 Å². The van der Waals surface area contributed by atoms with Gasteiger partial charge in [0, 0.05) is 17.8 Å². The summed E-state index contributed by atoms with van der Waals surface area (Å²) < 4.78 is 7.69.